The molecule has 1 saturated heterocycles. The van der Waals surface area contributed by atoms with Gasteiger partial charge in [-0.3, -0.25) is 0 Å². The fourth-order valence-corrected chi connectivity index (χ4v) is 2.89. The number of hydrogen-bond donors (Lipinski definition) is 1. The molecule has 0 spiro atoms. The lowest BCUT2D eigenvalue weighted by Gasteiger charge is -2.42. The van der Waals surface area contributed by atoms with Gasteiger partial charge in [-0.15, -0.1) is 0 Å². The summed E-state index contributed by atoms with van der Waals surface area (Å²) in [6.07, 6.45) is 1.84. The number of hydrogen-bond acceptors (Lipinski definition) is 2. The molecule has 2 heteroatoms. The van der Waals surface area contributed by atoms with Crippen LogP contribution in [0.2, 0.25) is 0 Å². The number of rotatable bonds is 4. The molecule has 0 saturated carbocycles. The van der Waals surface area contributed by atoms with Crippen LogP contribution in [0, 0.1) is 0 Å². The van der Waals surface area contributed by atoms with Gasteiger partial charge in [0.2, 0.25) is 0 Å². The predicted molar refractivity (Wildman–Crippen MR) is 72.8 cm³/mol. The molecule has 1 fully saturated rings. The van der Waals surface area contributed by atoms with E-state index in [-0.39, 0.29) is 12.0 Å². The SMILES string of the molecule is OCCCC1(c2cccc3ccccc23)COC1. The Kier molecular flexibility index (Phi) is 3.06. The van der Waals surface area contributed by atoms with E-state index in [9.17, 15) is 0 Å². The Morgan fingerprint density at radius 2 is 1.83 bits per heavy atom. The summed E-state index contributed by atoms with van der Waals surface area (Å²) < 4.78 is 5.46. The van der Waals surface area contributed by atoms with Crippen LogP contribution in [-0.4, -0.2) is 24.9 Å². The lowest BCUT2D eigenvalue weighted by molar-refractivity contribution is -0.0657. The fraction of sp³-hybridized carbons (Fsp3) is 0.375. The van der Waals surface area contributed by atoms with Crippen LogP contribution in [0.3, 0.4) is 0 Å². The molecule has 2 aromatic rings. The Hall–Kier alpha value is -1.38. The molecule has 0 aliphatic carbocycles. The van der Waals surface area contributed by atoms with Crippen molar-refractivity contribution in [2.24, 2.45) is 0 Å². The second kappa shape index (κ2) is 4.71. The van der Waals surface area contributed by atoms with Crippen molar-refractivity contribution in [2.45, 2.75) is 18.3 Å². The van der Waals surface area contributed by atoms with Crippen LogP contribution in [0.1, 0.15) is 18.4 Å². The first kappa shape index (κ1) is 11.7. The Labute approximate surface area is 107 Å². The highest BCUT2D eigenvalue weighted by atomic mass is 16.5. The molecule has 1 N–H and O–H groups in total. The second-order valence-electron chi connectivity index (χ2n) is 5.13. The molecule has 0 bridgehead atoms. The summed E-state index contributed by atoms with van der Waals surface area (Å²) >= 11 is 0. The van der Waals surface area contributed by atoms with Gasteiger partial charge in [0, 0.05) is 12.0 Å². The maximum absolute atomic E-state index is 9.07. The molecule has 2 nitrogen and oxygen atoms in total. The Morgan fingerprint density at radius 1 is 1.06 bits per heavy atom. The van der Waals surface area contributed by atoms with Crippen LogP contribution in [0.5, 0.6) is 0 Å². The molecule has 0 unspecified atom stereocenters. The van der Waals surface area contributed by atoms with Gasteiger partial charge in [0.05, 0.1) is 13.2 Å². The molecule has 3 rings (SSSR count). The van der Waals surface area contributed by atoms with E-state index in [1.807, 2.05) is 0 Å². The fourth-order valence-electron chi connectivity index (χ4n) is 2.89. The molecule has 2 aromatic carbocycles. The van der Waals surface area contributed by atoms with Crippen LogP contribution < -0.4 is 0 Å². The highest BCUT2D eigenvalue weighted by Gasteiger charge is 2.40. The van der Waals surface area contributed by atoms with E-state index >= 15 is 0 Å². The maximum atomic E-state index is 9.07. The first-order chi connectivity index (χ1) is 8.86. The average Bonchev–Trinajstić information content (AvgIpc) is 2.38. The molecular formula is C16H18O2. The Bertz CT molecular complexity index is 538. The van der Waals surface area contributed by atoms with Crippen molar-refractivity contribution < 1.29 is 9.84 Å². The van der Waals surface area contributed by atoms with Gasteiger partial charge < -0.3 is 9.84 Å². The quantitative estimate of drug-likeness (QED) is 0.893. The normalized spacial score (nSPS) is 17.6. The van der Waals surface area contributed by atoms with Crippen molar-refractivity contribution >= 4 is 10.8 Å². The highest BCUT2D eigenvalue weighted by Crippen LogP contribution is 2.40. The molecule has 18 heavy (non-hydrogen) atoms. The summed E-state index contributed by atoms with van der Waals surface area (Å²) in [5, 5.41) is 11.7. The van der Waals surface area contributed by atoms with Crippen molar-refractivity contribution in [1.82, 2.24) is 0 Å². The number of ether oxygens (including phenoxy) is 1. The van der Waals surface area contributed by atoms with Gasteiger partial charge >= 0.3 is 0 Å². The zero-order valence-electron chi connectivity index (χ0n) is 10.4. The number of fused-ring (bicyclic) bond motifs is 1. The van der Waals surface area contributed by atoms with Gasteiger partial charge in [-0.1, -0.05) is 42.5 Å². The van der Waals surface area contributed by atoms with Crippen molar-refractivity contribution in [1.29, 1.82) is 0 Å². The van der Waals surface area contributed by atoms with Crippen LogP contribution in [0.4, 0.5) is 0 Å². The summed E-state index contributed by atoms with van der Waals surface area (Å²) in [5.41, 5.74) is 1.49. The van der Waals surface area contributed by atoms with E-state index in [2.05, 4.69) is 42.5 Å². The lowest BCUT2D eigenvalue weighted by atomic mass is 9.73. The zero-order chi connectivity index (χ0) is 12.4. The minimum Gasteiger partial charge on any atom is -0.396 e. The van der Waals surface area contributed by atoms with E-state index in [1.54, 1.807) is 0 Å². The molecule has 1 heterocycles. The Balaban J connectivity index is 2.07. The largest absolute Gasteiger partial charge is 0.396 e. The van der Waals surface area contributed by atoms with E-state index in [0.717, 1.165) is 26.1 Å². The van der Waals surface area contributed by atoms with Crippen LogP contribution >= 0.6 is 0 Å². The summed E-state index contributed by atoms with van der Waals surface area (Å²) in [5.74, 6) is 0. The summed E-state index contributed by atoms with van der Waals surface area (Å²) in [6.45, 7) is 1.81. The van der Waals surface area contributed by atoms with Gasteiger partial charge in [0.15, 0.2) is 0 Å². The van der Waals surface area contributed by atoms with Crippen molar-refractivity contribution in [3.63, 3.8) is 0 Å². The maximum Gasteiger partial charge on any atom is 0.0585 e. The second-order valence-corrected chi connectivity index (χ2v) is 5.13. The minimum absolute atomic E-state index is 0.115. The smallest absolute Gasteiger partial charge is 0.0585 e. The van der Waals surface area contributed by atoms with Crippen LogP contribution in [-0.2, 0) is 10.2 Å². The van der Waals surface area contributed by atoms with E-state index in [4.69, 9.17) is 9.84 Å². The van der Waals surface area contributed by atoms with Gasteiger partial charge in [0.1, 0.15) is 0 Å². The first-order valence-electron chi connectivity index (χ1n) is 6.53. The number of benzene rings is 2. The third-order valence-electron chi connectivity index (χ3n) is 3.93. The topological polar surface area (TPSA) is 29.5 Å². The van der Waals surface area contributed by atoms with Crippen molar-refractivity contribution in [3.8, 4) is 0 Å². The van der Waals surface area contributed by atoms with Gasteiger partial charge in [0.25, 0.3) is 0 Å². The summed E-state index contributed by atoms with van der Waals surface area (Å²) in [6, 6.07) is 15.0. The molecule has 1 aliphatic rings. The van der Waals surface area contributed by atoms with E-state index in [0.29, 0.717) is 0 Å². The molecule has 0 atom stereocenters. The van der Waals surface area contributed by atoms with Crippen molar-refractivity contribution in [2.75, 3.05) is 19.8 Å². The van der Waals surface area contributed by atoms with Crippen LogP contribution in [0.25, 0.3) is 10.8 Å². The molecule has 94 valence electrons. The third kappa shape index (κ3) is 1.82. The van der Waals surface area contributed by atoms with Crippen molar-refractivity contribution in [3.05, 3.63) is 48.0 Å². The first-order valence-corrected chi connectivity index (χ1v) is 6.53. The van der Waals surface area contributed by atoms with E-state index < -0.39 is 0 Å². The Morgan fingerprint density at radius 3 is 2.56 bits per heavy atom. The standard InChI is InChI=1S/C16H18O2/c17-10-4-9-16(11-18-12-16)15-8-3-6-13-5-1-2-7-14(13)15/h1-3,5-8,17H,4,9-12H2. The molecule has 1 aliphatic heterocycles. The highest BCUT2D eigenvalue weighted by molar-refractivity contribution is 5.86. The van der Waals surface area contributed by atoms with Gasteiger partial charge in [-0.2, -0.15) is 0 Å². The molecule has 0 amide bonds. The van der Waals surface area contributed by atoms with Gasteiger partial charge in [-0.05, 0) is 29.2 Å². The monoisotopic (exact) mass is 242 g/mol. The number of aliphatic hydroxyl groups is 1. The molecule has 0 aromatic heterocycles. The summed E-state index contributed by atoms with van der Waals surface area (Å²) in [4.78, 5) is 0. The zero-order valence-corrected chi connectivity index (χ0v) is 10.4. The van der Waals surface area contributed by atoms with Gasteiger partial charge in [-0.25, -0.2) is 0 Å². The lowest BCUT2D eigenvalue weighted by Crippen LogP contribution is -2.47. The van der Waals surface area contributed by atoms with Crippen LogP contribution in [0.15, 0.2) is 42.5 Å². The summed E-state index contributed by atoms with van der Waals surface area (Å²) in [7, 11) is 0. The number of aliphatic hydroxyl groups excluding tert-OH is 1. The third-order valence-corrected chi connectivity index (χ3v) is 3.93. The minimum atomic E-state index is 0.115. The predicted octanol–water partition coefficient (Wildman–Crippen LogP) is 2.88. The van der Waals surface area contributed by atoms with E-state index in [1.165, 1.54) is 16.3 Å². The average molecular weight is 242 g/mol. The molecular weight excluding hydrogens is 224 g/mol. The molecule has 0 radical (unpaired) electrons.